The Bertz CT molecular complexity index is 554. The summed E-state index contributed by atoms with van der Waals surface area (Å²) in [6.07, 6.45) is 2.46. The van der Waals surface area contributed by atoms with Gasteiger partial charge in [-0.15, -0.1) is 0 Å². The number of sulfone groups is 1. The van der Waals surface area contributed by atoms with Crippen LogP contribution < -0.4 is 10.1 Å². The third kappa shape index (κ3) is 3.09. The SMILES string of the molecule is O=S1(=O)CCC(NCc2ccc3c(c2)CCO3)CC1. The molecule has 1 aromatic rings. The fourth-order valence-electron chi connectivity index (χ4n) is 2.71. The summed E-state index contributed by atoms with van der Waals surface area (Å²) in [5.41, 5.74) is 2.53. The van der Waals surface area contributed by atoms with Gasteiger partial charge in [-0.2, -0.15) is 0 Å². The second-order valence-corrected chi connectivity index (χ2v) is 7.65. The van der Waals surface area contributed by atoms with Gasteiger partial charge in [-0.3, -0.25) is 0 Å². The lowest BCUT2D eigenvalue weighted by molar-refractivity contribution is 0.357. The molecule has 5 heteroatoms. The molecule has 1 fully saturated rings. The summed E-state index contributed by atoms with van der Waals surface area (Å²) >= 11 is 0. The Hall–Kier alpha value is -1.07. The Labute approximate surface area is 114 Å². The maximum Gasteiger partial charge on any atom is 0.150 e. The van der Waals surface area contributed by atoms with Crippen molar-refractivity contribution in [3.8, 4) is 5.75 Å². The third-order valence-corrected chi connectivity index (χ3v) is 5.62. The van der Waals surface area contributed by atoms with Crippen LogP contribution in [0.5, 0.6) is 5.75 Å². The van der Waals surface area contributed by atoms with Crippen molar-refractivity contribution >= 4 is 9.84 Å². The molecule has 0 aromatic heterocycles. The fraction of sp³-hybridized carbons (Fsp3) is 0.571. The van der Waals surface area contributed by atoms with Gasteiger partial charge in [-0.25, -0.2) is 8.42 Å². The molecule has 0 amide bonds. The van der Waals surface area contributed by atoms with Crippen LogP contribution in [-0.4, -0.2) is 32.6 Å². The largest absolute Gasteiger partial charge is 0.493 e. The normalized spacial score (nSPS) is 21.9. The second kappa shape index (κ2) is 5.13. The number of fused-ring (bicyclic) bond motifs is 1. The van der Waals surface area contributed by atoms with E-state index in [1.165, 1.54) is 11.1 Å². The molecule has 1 saturated heterocycles. The van der Waals surface area contributed by atoms with Gasteiger partial charge in [0.25, 0.3) is 0 Å². The minimum Gasteiger partial charge on any atom is -0.493 e. The lowest BCUT2D eigenvalue weighted by atomic mass is 10.1. The zero-order chi connectivity index (χ0) is 13.3. The van der Waals surface area contributed by atoms with Gasteiger partial charge in [0.15, 0.2) is 0 Å². The summed E-state index contributed by atoms with van der Waals surface area (Å²) in [5, 5.41) is 3.46. The van der Waals surface area contributed by atoms with Gasteiger partial charge >= 0.3 is 0 Å². The van der Waals surface area contributed by atoms with E-state index in [-0.39, 0.29) is 0 Å². The molecule has 2 aliphatic heterocycles. The predicted octanol–water partition coefficient (Wildman–Crippen LogP) is 1.29. The van der Waals surface area contributed by atoms with Crippen LogP contribution in [-0.2, 0) is 22.8 Å². The Morgan fingerprint density at radius 2 is 2.05 bits per heavy atom. The number of hydrogen-bond acceptors (Lipinski definition) is 4. The van der Waals surface area contributed by atoms with E-state index < -0.39 is 9.84 Å². The summed E-state index contributed by atoms with van der Waals surface area (Å²) in [4.78, 5) is 0. The highest BCUT2D eigenvalue weighted by Crippen LogP contribution is 2.26. The number of benzene rings is 1. The molecule has 19 heavy (non-hydrogen) atoms. The van der Waals surface area contributed by atoms with E-state index in [4.69, 9.17) is 4.74 Å². The van der Waals surface area contributed by atoms with Crippen molar-refractivity contribution in [3.05, 3.63) is 29.3 Å². The Kier molecular flexibility index (Phi) is 3.50. The predicted molar refractivity (Wildman–Crippen MR) is 74.2 cm³/mol. The van der Waals surface area contributed by atoms with Gasteiger partial charge in [-0.05, 0) is 30.0 Å². The van der Waals surface area contributed by atoms with E-state index in [1.54, 1.807) is 0 Å². The summed E-state index contributed by atoms with van der Waals surface area (Å²) in [5.74, 6) is 1.65. The molecule has 1 aromatic carbocycles. The molecular weight excluding hydrogens is 262 g/mol. The highest BCUT2D eigenvalue weighted by Gasteiger charge is 2.23. The molecule has 3 rings (SSSR count). The first kappa shape index (κ1) is 12.9. The number of hydrogen-bond donors (Lipinski definition) is 1. The van der Waals surface area contributed by atoms with Crippen LogP contribution in [0.1, 0.15) is 24.0 Å². The average Bonchev–Trinajstić information content (AvgIpc) is 2.85. The van der Waals surface area contributed by atoms with Crippen molar-refractivity contribution in [1.82, 2.24) is 5.32 Å². The van der Waals surface area contributed by atoms with Gasteiger partial charge in [0.05, 0.1) is 18.1 Å². The van der Waals surface area contributed by atoms with Crippen LogP contribution in [0, 0.1) is 0 Å². The molecule has 0 unspecified atom stereocenters. The molecule has 0 saturated carbocycles. The third-order valence-electron chi connectivity index (χ3n) is 3.90. The van der Waals surface area contributed by atoms with Crippen LogP contribution in [0.2, 0.25) is 0 Å². The first-order valence-corrected chi connectivity index (χ1v) is 8.63. The Balaban J connectivity index is 1.55. The molecule has 0 bridgehead atoms. The summed E-state index contributed by atoms with van der Waals surface area (Å²) < 4.78 is 28.2. The lowest BCUT2D eigenvalue weighted by Gasteiger charge is -2.23. The first-order chi connectivity index (χ1) is 9.12. The first-order valence-electron chi connectivity index (χ1n) is 6.81. The standard InChI is InChI=1S/C14H19NO3S/c16-19(17)7-4-13(5-8-19)15-10-11-1-2-14-12(9-11)3-6-18-14/h1-2,9,13,15H,3-8,10H2. The Morgan fingerprint density at radius 3 is 2.84 bits per heavy atom. The number of nitrogens with one attached hydrogen (secondary N) is 1. The molecule has 0 aliphatic carbocycles. The van der Waals surface area contributed by atoms with Gasteiger partial charge < -0.3 is 10.1 Å². The molecule has 2 heterocycles. The smallest absolute Gasteiger partial charge is 0.150 e. The topological polar surface area (TPSA) is 55.4 Å². The number of ether oxygens (including phenoxy) is 1. The summed E-state index contributed by atoms with van der Waals surface area (Å²) in [7, 11) is -2.76. The van der Waals surface area contributed by atoms with E-state index in [0.29, 0.717) is 17.5 Å². The number of rotatable bonds is 3. The molecule has 1 N–H and O–H groups in total. The second-order valence-electron chi connectivity index (χ2n) is 5.35. The summed E-state index contributed by atoms with van der Waals surface area (Å²) in [6.45, 7) is 1.59. The average molecular weight is 281 g/mol. The minimum atomic E-state index is -2.76. The van der Waals surface area contributed by atoms with E-state index in [9.17, 15) is 8.42 Å². The van der Waals surface area contributed by atoms with Crippen LogP contribution in [0.25, 0.3) is 0 Å². The molecule has 0 spiro atoms. The van der Waals surface area contributed by atoms with Crippen LogP contribution in [0.15, 0.2) is 18.2 Å². The minimum absolute atomic E-state index is 0.322. The highest BCUT2D eigenvalue weighted by molar-refractivity contribution is 7.91. The fourth-order valence-corrected chi connectivity index (χ4v) is 4.20. The van der Waals surface area contributed by atoms with E-state index >= 15 is 0 Å². The highest BCUT2D eigenvalue weighted by atomic mass is 32.2. The summed E-state index contributed by atoms with van der Waals surface area (Å²) in [6, 6.07) is 6.63. The quantitative estimate of drug-likeness (QED) is 0.907. The molecule has 2 aliphatic rings. The van der Waals surface area contributed by atoms with E-state index in [2.05, 4.69) is 17.4 Å². The van der Waals surface area contributed by atoms with Crippen LogP contribution in [0.3, 0.4) is 0 Å². The zero-order valence-corrected chi connectivity index (χ0v) is 11.7. The van der Waals surface area contributed by atoms with Crippen molar-refractivity contribution in [1.29, 1.82) is 0 Å². The van der Waals surface area contributed by atoms with Crippen LogP contribution in [0.4, 0.5) is 0 Å². The van der Waals surface area contributed by atoms with E-state index in [1.807, 2.05) is 6.07 Å². The maximum absolute atomic E-state index is 11.4. The Morgan fingerprint density at radius 1 is 1.26 bits per heavy atom. The monoisotopic (exact) mass is 281 g/mol. The molecule has 0 atom stereocenters. The van der Waals surface area contributed by atoms with Crippen molar-refractivity contribution in [3.63, 3.8) is 0 Å². The van der Waals surface area contributed by atoms with Gasteiger partial charge in [0.2, 0.25) is 0 Å². The molecule has 4 nitrogen and oxygen atoms in total. The van der Waals surface area contributed by atoms with Crippen LogP contribution >= 0.6 is 0 Å². The van der Waals surface area contributed by atoms with Gasteiger partial charge in [-0.1, -0.05) is 12.1 Å². The molecular formula is C14H19NO3S. The van der Waals surface area contributed by atoms with Crippen molar-refractivity contribution in [2.24, 2.45) is 0 Å². The van der Waals surface area contributed by atoms with Crippen molar-refractivity contribution in [2.45, 2.75) is 31.8 Å². The van der Waals surface area contributed by atoms with Gasteiger partial charge in [0.1, 0.15) is 15.6 Å². The van der Waals surface area contributed by atoms with Crippen molar-refractivity contribution < 1.29 is 13.2 Å². The lowest BCUT2D eigenvalue weighted by Crippen LogP contribution is -2.37. The van der Waals surface area contributed by atoms with E-state index in [0.717, 1.165) is 38.2 Å². The molecule has 104 valence electrons. The maximum atomic E-state index is 11.4. The van der Waals surface area contributed by atoms with Crippen molar-refractivity contribution in [2.75, 3.05) is 18.1 Å². The molecule has 0 radical (unpaired) electrons. The zero-order valence-electron chi connectivity index (χ0n) is 10.9. The van der Waals surface area contributed by atoms with Gasteiger partial charge in [0, 0.05) is 19.0 Å².